The Labute approximate surface area is 141 Å². The molecule has 2 rings (SSSR count). The molecular weight excluding hydrogens is 312 g/mol. The number of halogens is 2. The van der Waals surface area contributed by atoms with Gasteiger partial charge in [0.1, 0.15) is 5.75 Å². The summed E-state index contributed by atoms with van der Waals surface area (Å²) >= 11 is 0. The predicted molar refractivity (Wildman–Crippen MR) is 90.1 cm³/mol. The molecule has 0 radical (unpaired) electrons. The molecule has 1 heterocycles. The summed E-state index contributed by atoms with van der Waals surface area (Å²) in [5.41, 5.74) is 0.297. The van der Waals surface area contributed by atoms with E-state index in [-0.39, 0.29) is 22.8 Å². The summed E-state index contributed by atoms with van der Waals surface area (Å²) in [4.78, 5) is 3.89. The molecule has 3 nitrogen and oxygen atoms in total. The fourth-order valence-corrected chi connectivity index (χ4v) is 2.45. The van der Waals surface area contributed by atoms with Gasteiger partial charge in [0.15, 0.2) is 11.6 Å². The molecule has 0 spiro atoms. The average Bonchev–Trinajstić information content (AvgIpc) is 2.59. The molecule has 1 aromatic carbocycles. The molecule has 24 heavy (non-hydrogen) atoms. The molecule has 0 atom stereocenters. The molecule has 5 heteroatoms. The van der Waals surface area contributed by atoms with Crippen LogP contribution in [0.2, 0.25) is 0 Å². The maximum absolute atomic E-state index is 14.2. The molecule has 0 saturated heterocycles. The van der Waals surface area contributed by atoms with Gasteiger partial charge in [-0.25, -0.2) is 4.39 Å². The van der Waals surface area contributed by atoms with Crippen LogP contribution in [-0.2, 0) is 0 Å². The molecule has 2 aromatic rings. The molecule has 0 amide bonds. The Bertz CT molecular complexity index is 645. The SMILES string of the molecule is CCCCCCCCOc1ccc(-c2ccc(O)cn2)c(F)c1F. The smallest absolute Gasteiger partial charge is 0.201 e. The third-order valence-corrected chi connectivity index (χ3v) is 3.83. The van der Waals surface area contributed by atoms with E-state index < -0.39 is 11.6 Å². The average molecular weight is 335 g/mol. The van der Waals surface area contributed by atoms with Gasteiger partial charge in [-0.1, -0.05) is 39.0 Å². The van der Waals surface area contributed by atoms with Crippen LogP contribution in [0.3, 0.4) is 0 Å². The molecule has 0 aliphatic heterocycles. The third-order valence-electron chi connectivity index (χ3n) is 3.83. The number of aromatic nitrogens is 1. The molecule has 1 aromatic heterocycles. The minimum Gasteiger partial charge on any atom is -0.506 e. The van der Waals surface area contributed by atoms with Gasteiger partial charge in [0.05, 0.1) is 18.5 Å². The quantitative estimate of drug-likeness (QED) is 0.618. The Kier molecular flexibility index (Phi) is 6.97. The van der Waals surface area contributed by atoms with Crippen LogP contribution in [0, 0.1) is 11.6 Å². The normalized spacial score (nSPS) is 10.8. The van der Waals surface area contributed by atoms with Gasteiger partial charge in [-0.2, -0.15) is 4.39 Å². The van der Waals surface area contributed by atoms with Gasteiger partial charge in [0.25, 0.3) is 0 Å². The number of pyridine rings is 1. The lowest BCUT2D eigenvalue weighted by Crippen LogP contribution is -2.02. The highest BCUT2D eigenvalue weighted by Gasteiger charge is 2.16. The zero-order valence-electron chi connectivity index (χ0n) is 13.9. The molecule has 130 valence electrons. The fraction of sp³-hybridized carbons (Fsp3) is 0.421. The van der Waals surface area contributed by atoms with Gasteiger partial charge in [-0.3, -0.25) is 4.98 Å². The maximum Gasteiger partial charge on any atom is 0.201 e. The number of rotatable bonds is 9. The molecule has 0 aliphatic carbocycles. The molecule has 0 bridgehead atoms. The van der Waals surface area contributed by atoms with Crippen molar-refractivity contribution in [1.29, 1.82) is 0 Å². The van der Waals surface area contributed by atoms with Crippen molar-refractivity contribution >= 4 is 0 Å². The zero-order chi connectivity index (χ0) is 17.4. The van der Waals surface area contributed by atoms with Crippen LogP contribution in [-0.4, -0.2) is 16.7 Å². The van der Waals surface area contributed by atoms with Crippen molar-refractivity contribution in [2.24, 2.45) is 0 Å². The van der Waals surface area contributed by atoms with E-state index in [4.69, 9.17) is 4.74 Å². The maximum atomic E-state index is 14.2. The van der Waals surface area contributed by atoms with E-state index in [1.807, 2.05) is 0 Å². The Balaban J connectivity index is 1.93. The number of benzene rings is 1. The minimum absolute atomic E-state index is 0.0291. The highest BCUT2D eigenvalue weighted by atomic mass is 19.2. The Morgan fingerprint density at radius 3 is 2.42 bits per heavy atom. The zero-order valence-corrected chi connectivity index (χ0v) is 13.9. The summed E-state index contributed by atoms with van der Waals surface area (Å²) in [5, 5.41) is 9.21. The molecule has 0 unspecified atom stereocenters. The first-order valence-electron chi connectivity index (χ1n) is 8.39. The highest BCUT2D eigenvalue weighted by molar-refractivity contribution is 5.61. The van der Waals surface area contributed by atoms with Crippen LogP contribution in [0.4, 0.5) is 8.78 Å². The lowest BCUT2D eigenvalue weighted by molar-refractivity contribution is 0.285. The minimum atomic E-state index is -1.01. The summed E-state index contributed by atoms with van der Waals surface area (Å²) < 4.78 is 33.7. The summed E-state index contributed by atoms with van der Waals surface area (Å²) in [6.07, 6.45) is 7.81. The molecule has 1 N–H and O–H groups in total. The second-order valence-corrected chi connectivity index (χ2v) is 5.76. The topological polar surface area (TPSA) is 42.4 Å². The van der Waals surface area contributed by atoms with Gasteiger partial charge in [-0.05, 0) is 30.7 Å². The molecule has 0 saturated carbocycles. The summed E-state index contributed by atoms with van der Waals surface area (Å²) in [6, 6.07) is 5.67. The van der Waals surface area contributed by atoms with Crippen molar-refractivity contribution in [2.75, 3.05) is 6.61 Å². The molecular formula is C19H23F2NO2. The van der Waals surface area contributed by atoms with Crippen molar-refractivity contribution < 1.29 is 18.6 Å². The van der Waals surface area contributed by atoms with Gasteiger partial charge in [-0.15, -0.1) is 0 Å². The van der Waals surface area contributed by atoms with E-state index in [0.29, 0.717) is 6.61 Å². The number of hydrogen-bond donors (Lipinski definition) is 1. The predicted octanol–water partition coefficient (Wildman–Crippen LogP) is 5.47. The van der Waals surface area contributed by atoms with Crippen LogP contribution in [0.5, 0.6) is 11.5 Å². The number of hydrogen-bond acceptors (Lipinski definition) is 3. The first-order chi connectivity index (χ1) is 11.6. The highest BCUT2D eigenvalue weighted by Crippen LogP contribution is 2.29. The number of aromatic hydroxyl groups is 1. The summed E-state index contributed by atoms with van der Waals surface area (Å²) in [5.74, 6) is -2.11. The van der Waals surface area contributed by atoms with Gasteiger partial charge >= 0.3 is 0 Å². The second-order valence-electron chi connectivity index (χ2n) is 5.76. The van der Waals surface area contributed by atoms with Crippen molar-refractivity contribution in [1.82, 2.24) is 4.98 Å². The number of ether oxygens (including phenoxy) is 1. The largest absolute Gasteiger partial charge is 0.506 e. The monoisotopic (exact) mass is 335 g/mol. The van der Waals surface area contributed by atoms with Crippen molar-refractivity contribution in [3.05, 3.63) is 42.1 Å². The van der Waals surface area contributed by atoms with Crippen LogP contribution in [0.1, 0.15) is 45.4 Å². The second kappa shape index (κ2) is 9.21. The van der Waals surface area contributed by atoms with Crippen molar-refractivity contribution in [3.63, 3.8) is 0 Å². The van der Waals surface area contributed by atoms with E-state index in [0.717, 1.165) is 19.3 Å². The molecule has 0 aliphatic rings. The van der Waals surface area contributed by atoms with Crippen molar-refractivity contribution in [3.8, 4) is 22.8 Å². The fourth-order valence-electron chi connectivity index (χ4n) is 2.45. The van der Waals surface area contributed by atoms with E-state index in [2.05, 4.69) is 11.9 Å². The lowest BCUT2D eigenvalue weighted by Gasteiger charge is -2.10. The van der Waals surface area contributed by atoms with Gasteiger partial charge in [0, 0.05) is 5.56 Å². The standard InChI is InChI=1S/C19H23F2NO2/c1-2-3-4-5-6-7-12-24-17-11-9-15(18(20)19(17)21)16-10-8-14(23)13-22-16/h8-11,13,23H,2-7,12H2,1H3. The third kappa shape index (κ3) is 4.91. The number of unbranched alkanes of at least 4 members (excludes halogenated alkanes) is 5. The van der Waals surface area contributed by atoms with E-state index in [1.54, 1.807) is 0 Å². The van der Waals surface area contributed by atoms with Gasteiger partial charge < -0.3 is 9.84 Å². The lowest BCUT2D eigenvalue weighted by atomic mass is 10.1. The van der Waals surface area contributed by atoms with E-state index >= 15 is 0 Å². The van der Waals surface area contributed by atoms with Crippen LogP contribution in [0.15, 0.2) is 30.5 Å². The molecule has 0 fully saturated rings. The van der Waals surface area contributed by atoms with Crippen LogP contribution in [0.25, 0.3) is 11.3 Å². The van der Waals surface area contributed by atoms with Crippen LogP contribution < -0.4 is 4.74 Å². The van der Waals surface area contributed by atoms with Crippen molar-refractivity contribution in [2.45, 2.75) is 45.4 Å². The van der Waals surface area contributed by atoms with Gasteiger partial charge in [0.2, 0.25) is 5.82 Å². The van der Waals surface area contributed by atoms with E-state index in [1.165, 1.54) is 49.7 Å². The van der Waals surface area contributed by atoms with E-state index in [9.17, 15) is 13.9 Å². The Morgan fingerprint density at radius 1 is 0.958 bits per heavy atom. The summed E-state index contributed by atoms with van der Waals surface area (Å²) in [6.45, 7) is 2.54. The number of nitrogens with zero attached hydrogens (tertiary/aromatic N) is 1. The Morgan fingerprint density at radius 2 is 1.71 bits per heavy atom. The first-order valence-corrected chi connectivity index (χ1v) is 8.39. The summed E-state index contributed by atoms with van der Waals surface area (Å²) in [7, 11) is 0. The first kappa shape index (κ1) is 18.2. The van der Waals surface area contributed by atoms with Crippen LogP contribution >= 0.6 is 0 Å². The Hall–Kier alpha value is -2.17.